The predicted octanol–water partition coefficient (Wildman–Crippen LogP) is 6.85. The van der Waals surface area contributed by atoms with E-state index in [9.17, 15) is 39.8 Å². The van der Waals surface area contributed by atoms with Crippen molar-refractivity contribution in [3.05, 3.63) is 72.9 Å². The average Bonchev–Trinajstić information content (AvgIpc) is 3.15. The molecule has 6 atom stereocenters. The Kier molecular flexibility index (Phi) is 29.4. The average molecular weight is 785 g/mol. The normalized spacial score (nSPS) is 24.2. The zero-order valence-electron chi connectivity index (χ0n) is 32.5. The number of aliphatic hydroxyl groups excluding tert-OH is 5. The van der Waals surface area contributed by atoms with Crippen LogP contribution >= 0.6 is 7.82 Å². The molecule has 1 fully saturated rings. The van der Waals surface area contributed by atoms with E-state index in [1.165, 1.54) is 0 Å². The molecule has 0 radical (unpaired) electrons. The fourth-order valence-electron chi connectivity index (χ4n) is 5.44. The van der Waals surface area contributed by atoms with Gasteiger partial charge < -0.3 is 39.9 Å². The summed E-state index contributed by atoms with van der Waals surface area (Å²) in [6.45, 7) is 3.90. The van der Waals surface area contributed by atoms with Crippen LogP contribution in [0, 0.1) is 0 Å². The van der Waals surface area contributed by atoms with Crippen LogP contribution in [-0.4, -0.2) is 98.9 Å². The van der Waals surface area contributed by atoms with E-state index >= 15 is 0 Å². The maximum Gasteiger partial charge on any atom is 0.472 e. The predicted molar refractivity (Wildman–Crippen MR) is 211 cm³/mol. The number of phosphoric acid groups is 1. The standard InChI is InChI=1S/C41H69O12P/c1-3-5-7-9-11-13-15-17-19-21-23-25-27-29-31-50-32-34(33-51-54(48,49)53-41-39(46)37(44)36(43)38(45)40(41)47)52-35(42)30-28-26-24-22-20-18-16-14-12-10-8-6-4-2/h5-8,11-14,17-20,34,36-41,43-47H,3-4,9-10,15-16,21-33H2,1-2H3,(H,48,49)/b7-5-,8-6-,13-11-,14-12-,19-17-,20-18-. The number of allylic oxidation sites excluding steroid dienone is 12. The monoisotopic (exact) mass is 784 g/mol. The van der Waals surface area contributed by atoms with Crippen LogP contribution in [0.1, 0.15) is 117 Å². The molecule has 1 rings (SSSR count). The van der Waals surface area contributed by atoms with E-state index in [0.717, 1.165) is 89.9 Å². The molecule has 1 aliphatic carbocycles. The maximum absolute atomic E-state index is 12.8. The molecule has 1 saturated carbocycles. The molecular formula is C41H69O12P. The molecule has 0 aliphatic heterocycles. The summed E-state index contributed by atoms with van der Waals surface area (Å²) in [5.41, 5.74) is 0. The molecule has 0 aromatic rings. The summed E-state index contributed by atoms with van der Waals surface area (Å²) in [7, 11) is -5.03. The summed E-state index contributed by atoms with van der Waals surface area (Å²) in [6.07, 6.45) is 27.0. The Morgan fingerprint density at radius 1 is 0.593 bits per heavy atom. The third-order valence-electron chi connectivity index (χ3n) is 8.57. The molecule has 0 heterocycles. The Bertz CT molecular complexity index is 1170. The molecule has 6 N–H and O–H groups in total. The lowest BCUT2D eigenvalue weighted by Crippen LogP contribution is -2.64. The summed E-state index contributed by atoms with van der Waals surface area (Å²) in [6, 6.07) is 0. The second-order valence-corrected chi connectivity index (χ2v) is 14.8. The molecule has 54 heavy (non-hydrogen) atoms. The zero-order chi connectivity index (χ0) is 39.9. The Hall–Kier alpha value is -2.22. The van der Waals surface area contributed by atoms with Crippen molar-refractivity contribution in [2.45, 2.75) is 159 Å². The highest BCUT2D eigenvalue weighted by Gasteiger charge is 2.51. The first-order chi connectivity index (χ1) is 26.0. The molecule has 0 aromatic carbocycles. The van der Waals surface area contributed by atoms with Crippen molar-refractivity contribution >= 4 is 13.8 Å². The van der Waals surface area contributed by atoms with Crippen LogP contribution < -0.4 is 0 Å². The minimum Gasteiger partial charge on any atom is -0.457 e. The quantitative estimate of drug-likeness (QED) is 0.0186. The van der Waals surface area contributed by atoms with Crippen LogP contribution in [-0.2, 0) is 27.9 Å². The number of phosphoric ester groups is 1. The molecule has 0 amide bonds. The van der Waals surface area contributed by atoms with Crippen LogP contribution in [0.2, 0.25) is 0 Å². The van der Waals surface area contributed by atoms with Gasteiger partial charge in [-0.3, -0.25) is 13.8 Å². The molecule has 310 valence electrons. The topological polar surface area (TPSA) is 192 Å². The van der Waals surface area contributed by atoms with Gasteiger partial charge in [-0.05, 0) is 77.0 Å². The van der Waals surface area contributed by atoms with Crippen molar-refractivity contribution < 1.29 is 58.3 Å². The van der Waals surface area contributed by atoms with Gasteiger partial charge in [-0.1, -0.05) is 106 Å². The van der Waals surface area contributed by atoms with E-state index in [1.54, 1.807) is 0 Å². The Morgan fingerprint density at radius 2 is 1.04 bits per heavy atom. The number of hydrogen-bond donors (Lipinski definition) is 6. The SMILES string of the molecule is CC/C=C\C/C=C\C/C=C\CCCCCCOCC(COP(=O)(O)OC1C(O)C(O)C(O)C(O)C1O)OC(=O)CCCCC/C=C\C/C=C\C/C=C\CC. The molecular weight excluding hydrogens is 715 g/mol. The van der Waals surface area contributed by atoms with E-state index in [-0.39, 0.29) is 13.0 Å². The molecule has 12 nitrogen and oxygen atoms in total. The lowest BCUT2D eigenvalue weighted by atomic mass is 9.85. The van der Waals surface area contributed by atoms with E-state index in [0.29, 0.717) is 13.0 Å². The van der Waals surface area contributed by atoms with Crippen LogP contribution in [0.4, 0.5) is 0 Å². The van der Waals surface area contributed by atoms with Gasteiger partial charge in [0.2, 0.25) is 0 Å². The van der Waals surface area contributed by atoms with Gasteiger partial charge >= 0.3 is 13.8 Å². The van der Waals surface area contributed by atoms with Gasteiger partial charge in [-0.2, -0.15) is 0 Å². The van der Waals surface area contributed by atoms with Gasteiger partial charge in [0.25, 0.3) is 0 Å². The molecule has 13 heteroatoms. The van der Waals surface area contributed by atoms with Crippen molar-refractivity contribution in [2.75, 3.05) is 19.8 Å². The highest BCUT2D eigenvalue weighted by Crippen LogP contribution is 2.47. The molecule has 6 unspecified atom stereocenters. The van der Waals surface area contributed by atoms with Gasteiger partial charge in [-0.15, -0.1) is 0 Å². The van der Waals surface area contributed by atoms with Crippen molar-refractivity contribution in [1.29, 1.82) is 0 Å². The smallest absolute Gasteiger partial charge is 0.457 e. The number of aliphatic hydroxyl groups is 5. The summed E-state index contributed by atoms with van der Waals surface area (Å²) >= 11 is 0. The van der Waals surface area contributed by atoms with Crippen molar-refractivity contribution in [2.24, 2.45) is 0 Å². The van der Waals surface area contributed by atoms with Crippen molar-refractivity contribution in [1.82, 2.24) is 0 Å². The van der Waals surface area contributed by atoms with E-state index in [2.05, 4.69) is 86.8 Å². The molecule has 0 bridgehead atoms. The number of ether oxygens (including phenoxy) is 2. The Morgan fingerprint density at radius 3 is 1.56 bits per heavy atom. The minimum absolute atomic E-state index is 0.108. The number of carbonyl (C=O) groups is 1. The van der Waals surface area contributed by atoms with Crippen LogP contribution in [0.15, 0.2) is 72.9 Å². The van der Waals surface area contributed by atoms with E-state index in [1.807, 2.05) is 0 Å². The van der Waals surface area contributed by atoms with Crippen LogP contribution in [0.25, 0.3) is 0 Å². The first-order valence-corrected chi connectivity index (χ1v) is 21.3. The van der Waals surface area contributed by atoms with Crippen LogP contribution in [0.3, 0.4) is 0 Å². The summed E-state index contributed by atoms with van der Waals surface area (Å²) in [5, 5.41) is 50.0. The van der Waals surface area contributed by atoms with Gasteiger partial charge in [0.15, 0.2) is 0 Å². The third-order valence-corrected chi connectivity index (χ3v) is 9.56. The molecule has 0 spiro atoms. The van der Waals surface area contributed by atoms with Gasteiger partial charge in [0.05, 0.1) is 13.2 Å². The highest BCUT2D eigenvalue weighted by atomic mass is 31.2. The minimum atomic E-state index is -5.03. The van der Waals surface area contributed by atoms with Gasteiger partial charge in [0.1, 0.15) is 42.7 Å². The van der Waals surface area contributed by atoms with E-state index < -0.39 is 63.1 Å². The molecule has 0 aromatic heterocycles. The van der Waals surface area contributed by atoms with Gasteiger partial charge in [0, 0.05) is 13.0 Å². The van der Waals surface area contributed by atoms with Gasteiger partial charge in [-0.25, -0.2) is 4.57 Å². The Balaban J connectivity index is 2.52. The number of carbonyl (C=O) groups excluding carboxylic acids is 1. The summed E-state index contributed by atoms with van der Waals surface area (Å²) in [5.74, 6) is -0.520. The number of unbranched alkanes of at least 4 members (excludes halogenated alkanes) is 7. The molecule has 0 saturated heterocycles. The van der Waals surface area contributed by atoms with Crippen molar-refractivity contribution in [3.8, 4) is 0 Å². The maximum atomic E-state index is 12.8. The zero-order valence-corrected chi connectivity index (χ0v) is 33.4. The lowest BCUT2D eigenvalue weighted by molar-refractivity contribution is -0.220. The molecule has 1 aliphatic rings. The van der Waals surface area contributed by atoms with E-state index in [4.69, 9.17) is 18.5 Å². The van der Waals surface area contributed by atoms with Crippen molar-refractivity contribution in [3.63, 3.8) is 0 Å². The number of esters is 1. The number of hydrogen-bond acceptors (Lipinski definition) is 11. The highest BCUT2D eigenvalue weighted by molar-refractivity contribution is 7.47. The lowest BCUT2D eigenvalue weighted by Gasteiger charge is -2.41. The second kappa shape index (κ2) is 31.9. The largest absolute Gasteiger partial charge is 0.472 e. The first-order valence-electron chi connectivity index (χ1n) is 19.8. The number of rotatable bonds is 31. The first kappa shape index (κ1) is 49.8. The fourth-order valence-corrected chi connectivity index (χ4v) is 6.41. The van der Waals surface area contributed by atoms with Crippen LogP contribution in [0.5, 0.6) is 0 Å². The second-order valence-electron chi connectivity index (χ2n) is 13.4. The Labute approximate surface area is 323 Å². The summed E-state index contributed by atoms with van der Waals surface area (Å²) in [4.78, 5) is 23.0. The summed E-state index contributed by atoms with van der Waals surface area (Å²) < 4.78 is 33.9. The fraction of sp³-hybridized carbons (Fsp3) is 0.683. The third kappa shape index (κ3) is 24.3.